The molecule has 0 spiro atoms. The summed E-state index contributed by atoms with van der Waals surface area (Å²) < 4.78 is 9.38. The quantitative estimate of drug-likeness (QED) is 0.445. The summed E-state index contributed by atoms with van der Waals surface area (Å²) in [5.74, 6) is 0.496. The van der Waals surface area contributed by atoms with Gasteiger partial charge in [0.05, 0.1) is 22.1 Å². The maximum absolute atomic E-state index is 12.8. The van der Waals surface area contributed by atoms with Gasteiger partial charge in [0.15, 0.2) is 0 Å². The molecular weight excluding hydrogens is 426 g/mol. The molecule has 5 rings (SSSR count). The number of hydrogen-bond donors (Lipinski definition) is 0. The smallest absolute Gasteiger partial charge is 0.258 e. The maximum atomic E-state index is 12.8. The van der Waals surface area contributed by atoms with Crippen LogP contribution in [0.5, 0.6) is 5.75 Å². The molecule has 0 amide bonds. The second-order valence-corrected chi connectivity index (χ2v) is 8.51. The molecule has 0 unspecified atom stereocenters. The maximum Gasteiger partial charge on any atom is 0.258 e. The van der Waals surface area contributed by atoms with Gasteiger partial charge in [0.2, 0.25) is 0 Å². The van der Waals surface area contributed by atoms with Crippen molar-refractivity contribution in [3.8, 4) is 11.4 Å². The lowest BCUT2D eigenvalue weighted by Gasteiger charge is -2.13. The molecule has 8 heteroatoms. The molecule has 4 aromatic heterocycles. The number of likely N-dealkylation sites (tertiary alicyclic amines) is 1. The highest BCUT2D eigenvalue weighted by Crippen LogP contribution is 2.19. The van der Waals surface area contributed by atoms with Crippen LogP contribution in [0.25, 0.3) is 11.3 Å². The average Bonchev–Trinajstić information content (AvgIpc) is 3.42. The van der Waals surface area contributed by atoms with Crippen molar-refractivity contribution in [2.24, 2.45) is 0 Å². The lowest BCUT2D eigenvalue weighted by Crippen LogP contribution is -2.19. The van der Waals surface area contributed by atoms with E-state index in [1.165, 1.54) is 18.9 Å². The van der Waals surface area contributed by atoms with E-state index in [0.29, 0.717) is 10.8 Å². The summed E-state index contributed by atoms with van der Waals surface area (Å²) in [6.45, 7) is 5.49. The second-order valence-electron chi connectivity index (χ2n) is 8.07. The minimum Gasteiger partial charge on any atom is -0.487 e. The van der Waals surface area contributed by atoms with Gasteiger partial charge in [0.1, 0.15) is 18.0 Å². The Bertz CT molecular complexity index is 1310. The van der Waals surface area contributed by atoms with E-state index in [1.807, 2.05) is 18.3 Å². The van der Waals surface area contributed by atoms with Crippen LogP contribution in [0.3, 0.4) is 0 Å². The van der Waals surface area contributed by atoms with E-state index in [0.717, 1.165) is 48.1 Å². The largest absolute Gasteiger partial charge is 0.487 e. The summed E-state index contributed by atoms with van der Waals surface area (Å²) in [5.41, 5.74) is 4.45. The number of fused-ring (bicyclic) bond motifs is 1. The standard InChI is InChI=1S/C24H24ClN5O2/c1-17-22(15-28-9-2-3-10-28)27-23-7-6-20(14-30(17)23)29-11-8-21(12-24(29)31)32-16-19-5-4-18(25)13-26-19/h4-8,11-14H,2-3,9-10,15-16H2,1H3. The molecule has 0 radical (unpaired) electrons. The minimum absolute atomic E-state index is 0.166. The summed E-state index contributed by atoms with van der Waals surface area (Å²) in [6, 6.07) is 10.7. The Morgan fingerprint density at radius 3 is 2.72 bits per heavy atom. The van der Waals surface area contributed by atoms with Gasteiger partial charge < -0.3 is 9.14 Å². The van der Waals surface area contributed by atoms with Crippen molar-refractivity contribution in [3.05, 3.63) is 87.4 Å². The van der Waals surface area contributed by atoms with Gasteiger partial charge in [-0.3, -0.25) is 19.2 Å². The molecule has 4 aromatic rings. The van der Waals surface area contributed by atoms with Crippen molar-refractivity contribution < 1.29 is 4.74 Å². The Labute approximate surface area is 190 Å². The minimum atomic E-state index is -0.166. The monoisotopic (exact) mass is 449 g/mol. The Balaban J connectivity index is 1.36. The third-order valence-electron chi connectivity index (χ3n) is 5.86. The summed E-state index contributed by atoms with van der Waals surface area (Å²) >= 11 is 5.86. The molecule has 0 aromatic carbocycles. The van der Waals surface area contributed by atoms with E-state index in [1.54, 1.807) is 35.2 Å². The fraction of sp³-hybridized carbons (Fsp3) is 0.292. The molecule has 1 saturated heterocycles. The first-order valence-corrected chi connectivity index (χ1v) is 11.1. The number of pyridine rings is 3. The van der Waals surface area contributed by atoms with Crippen molar-refractivity contribution in [2.75, 3.05) is 13.1 Å². The second kappa shape index (κ2) is 8.76. The molecule has 1 fully saturated rings. The fourth-order valence-electron chi connectivity index (χ4n) is 4.06. The van der Waals surface area contributed by atoms with Crippen LogP contribution in [0.15, 0.2) is 59.8 Å². The first kappa shape index (κ1) is 20.7. The van der Waals surface area contributed by atoms with Gasteiger partial charge in [-0.25, -0.2) is 4.98 Å². The zero-order valence-corrected chi connectivity index (χ0v) is 18.6. The van der Waals surface area contributed by atoms with Crippen LogP contribution in [0.4, 0.5) is 0 Å². The predicted molar refractivity (Wildman–Crippen MR) is 124 cm³/mol. The molecule has 0 bridgehead atoms. The molecule has 0 aliphatic carbocycles. The number of halogens is 1. The van der Waals surface area contributed by atoms with Crippen LogP contribution in [0.2, 0.25) is 5.02 Å². The highest BCUT2D eigenvalue weighted by atomic mass is 35.5. The zero-order valence-electron chi connectivity index (χ0n) is 17.9. The van der Waals surface area contributed by atoms with Crippen molar-refractivity contribution >= 4 is 17.2 Å². The van der Waals surface area contributed by atoms with Gasteiger partial charge in [0, 0.05) is 36.9 Å². The summed E-state index contributed by atoms with van der Waals surface area (Å²) in [6.07, 6.45) is 7.78. The topological polar surface area (TPSA) is 64.7 Å². The van der Waals surface area contributed by atoms with Crippen LogP contribution in [-0.2, 0) is 13.2 Å². The molecule has 1 aliphatic heterocycles. The normalized spacial score (nSPS) is 14.3. The number of rotatable bonds is 6. The predicted octanol–water partition coefficient (Wildman–Crippen LogP) is 4.02. The highest BCUT2D eigenvalue weighted by molar-refractivity contribution is 6.30. The average molecular weight is 450 g/mol. The van der Waals surface area contributed by atoms with Crippen molar-refractivity contribution in [1.82, 2.24) is 23.8 Å². The highest BCUT2D eigenvalue weighted by Gasteiger charge is 2.16. The van der Waals surface area contributed by atoms with Crippen molar-refractivity contribution in [3.63, 3.8) is 0 Å². The number of imidazole rings is 1. The van der Waals surface area contributed by atoms with E-state index in [2.05, 4.69) is 21.2 Å². The van der Waals surface area contributed by atoms with E-state index in [9.17, 15) is 4.79 Å². The van der Waals surface area contributed by atoms with Gasteiger partial charge >= 0.3 is 0 Å². The van der Waals surface area contributed by atoms with Gasteiger partial charge in [-0.05, 0) is 63.2 Å². The number of ether oxygens (including phenoxy) is 1. The third-order valence-corrected chi connectivity index (χ3v) is 6.08. The van der Waals surface area contributed by atoms with E-state index >= 15 is 0 Å². The van der Waals surface area contributed by atoms with Crippen LogP contribution in [0, 0.1) is 6.92 Å². The summed E-state index contributed by atoms with van der Waals surface area (Å²) in [4.78, 5) is 24.2. The molecular formula is C24H24ClN5O2. The molecule has 32 heavy (non-hydrogen) atoms. The number of aromatic nitrogens is 4. The fourth-order valence-corrected chi connectivity index (χ4v) is 4.17. The molecule has 0 N–H and O–H groups in total. The molecule has 7 nitrogen and oxygen atoms in total. The lowest BCUT2D eigenvalue weighted by atomic mass is 10.3. The Morgan fingerprint density at radius 2 is 1.97 bits per heavy atom. The van der Waals surface area contributed by atoms with Gasteiger partial charge in [-0.1, -0.05) is 11.6 Å². The van der Waals surface area contributed by atoms with Crippen molar-refractivity contribution in [2.45, 2.75) is 32.9 Å². The summed E-state index contributed by atoms with van der Waals surface area (Å²) in [5, 5.41) is 0.574. The Hall–Kier alpha value is -3.16. The van der Waals surface area contributed by atoms with Crippen LogP contribution in [-0.4, -0.2) is 36.9 Å². The lowest BCUT2D eigenvalue weighted by molar-refractivity contribution is 0.300. The Kier molecular flexibility index (Phi) is 5.68. The first-order chi connectivity index (χ1) is 15.6. The van der Waals surface area contributed by atoms with Crippen LogP contribution < -0.4 is 10.3 Å². The van der Waals surface area contributed by atoms with E-state index in [4.69, 9.17) is 21.3 Å². The first-order valence-electron chi connectivity index (χ1n) is 10.7. The third kappa shape index (κ3) is 4.26. The Morgan fingerprint density at radius 1 is 1.12 bits per heavy atom. The number of hydrogen-bond acceptors (Lipinski definition) is 5. The van der Waals surface area contributed by atoms with Gasteiger partial charge in [0.25, 0.3) is 5.56 Å². The number of nitrogens with zero attached hydrogens (tertiary/aromatic N) is 5. The molecule has 0 saturated carbocycles. The molecule has 1 aliphatic rings. The van der Waals surface area contributed by atoms with Gasteiger partial charge in [-0.15, -0.1) is 0 Å². The molecule has 164 valence electrons. The molecule has 0 atom stereocenters. The summed E-state index contributed by atoms with van der Waals surface area (Å²) in [7, 11) is 0. The SMILES string of the molecule is Cc1c(CN2CCCC2)nc2ccc(-n3ccc(OCc4ccc(Cl)cn4)cc3=O)cn12. The van der Waals surface area contributed by atoms with E-state index in [-0.39, 0.29) is 12.2 Å². The van der Waals surface area contributed by atoms with Crippen molar-refractivity contribution in [1.29, 1.82) is 0 Å². The van der Waals surface area contributed by atoms with E-state index < -0.39 is 0 Å². The number of aryl methyl sites for hydroxylation is 1. The van der Waals surface area contributed by atoms with Crippen LogP contribution >= 0.6 is 11.6 Å². The molecule has 5 heterocycles. The van der Waals surface area contributed by atoms with Gasteiger partial charge in [-0.2, -0.15) is 0 Å². The van der Waals surface area contributed by atoms with Crippen LogP contribution in [0.1, 0.15) is 29.9 Å². The zero-order chi connectivity index (χ0) is 22.1.